The van der Waals surface area contributed by atoms with E-state index < -0.39 is 37.8 Å². The number of nitrogens with zero attached hydrogens (tertiary/aromatic N) is 3. The predicted molar refractivity (Wildman–Crippen MR) is 146 cm³/mol. The molecule has 2 aliphatic rings. The number of rotatable bonds is 12. The van der Waals surface area contributed by atoms with Crippen LogP contribution < -0.4 is 11.3 Å². The molecule has 41 heavy (non-hydrogen) atoms. The number of nitrogens with one attached hydrogen (secondary N) is 1. The largest absolute Gasteiger partial charge is 0.427 e. The van der Waals surface area contributed by atoms with E-state index in [1.54, 1.807) is 22.8 Å². The lowest BCUT2D eigenvalue weighted by Gasteiger charge is -2.19. The number of fused-ring (bicyclic) bond motifs is 1. The van der Waals surface area contributed by atoms with Crippen LogP contribution in [0.1, 0.15) is 24.8 Å². The maximum atomic E-state index is 13.8. The number of hydrogen-bond acceptors (Lipinski definition) is 10. The summed E-state index contributed by atoms with van der Waals surface area (Å²) in [5.74, 6) is -3.21. The third-order valence-electron chi connectivity index (χ3n) is 6.44. The molecular weight excluding hydrogens is 631 g/mol. The number of anilines is 1. The molecule has 12 nitrogen and oxygen atoms in total. The van der Waals surface area contributed by atoms with Crippen LogP contribution in [0.25, 0.3) is 11.2 Å². The van der Waals surface area contributed by atoms with Crippen molar-refractivity contribution in [3.63, 3.8) is 0 Å². The minimum atomic E-state index is -3.93. The summed E-state index contributed by atoms with van der Waals surface area (Å²) in [5.41, 5.74) is 6.28. The lowest BCUT2D eigenvalue weighted by molar-refractivity contribution is 0.00452. The lowest BCUT2D eigenvalue weighted by Crippen LogP contribution is -2.14. The van der Waals surface area contributed by atoms with Crippen LogP contribution in [0.15, 0.2) is 63.9 Å². The summed E-state index contributed by atoms with van der Waals surface area (Å²) in [7, 11) is -3.93. The van der Waals surface area contributed by atoms with Gasteiger partial charge in [0.1, 0.15) is 13.0 Å². The molecular formula is C25H27BrF2N5O7P. The van der Waals surface area contributed by atoms with Gasteiger partial charge in [-0.3, -0.25) is 18.9 Å². The number of benzene rings is 1. The molecule has 16 heteroatoms. The Bertz CT molecular complexity index is 1590. The standard InChI is InChI=1S/C25H27BrF2N5O7P/c1-15-39-19(21(40-15)17-5-6-25(27,28)10-17)12-38-41(35,37-11-16-3-2-4-18(26)9-16)14-36-8-7-33-13-30-20-22(33)31-24(29)32-23(20)34/h2-4,9,13,17H,1,5-8,10-12,14H2,(H3,29,31,32,34). The molecule has 2 aromatic heterocycles. The summed E-state index contributed by atoms with van der Waals surface area (Å²) in [6.07, 6.45) is 0.530. The fourth-order valence-electron chi connectivity index (χ4n) is 4.52. The van der Waals surface area contributed by atoms with Crippen molar-refractivity contribution in [2.45, 2.75) is 38.3 Å². The van der Waals surface area contributed by atoms with Gasteiger partial charge in [-0.1, -0.05) is 28.1 Å². The van der Waals surface area contributed by atoms with Crippen molar-refractivity contribution in [2.75, 3.05) is 25.3 Å². The van der Waals surface area contributed by atoms with Gasteiger partial charge in [0.2, 0.25) is 11.9 Å². The van der Waals surface area contributed by atoms with Crippen molar-refractivity contribution in [3.8, 4) is 0 Å². The highest BCUT2D eigenvalue weighted by Gasteiger charge is 2.44. The van der Waals surface area contributed by atoms with Crippen LogP contribution in [-0.4, -0.2) is 45.0 Å². The second-order valence-corrected chi connectivity index (χ2v) is 12.5. The number of hydrogen-bond donors (Lipinski definition) is 2. The van der Waals surface area contributed by atoms with Crippen LogP contribution in [0.4, 0.5) is 14.7 Å². The Labute approximate surface area is 241 Å². The van der Waals surface area contributed by atoms with Gasteiger partial charge in [-0.05, 0) is 30.7 Å². The second-order valence-electron chi connectivity index (χ2n) is 9.55. The van der Waals surface area contributed by atoms with Gasteiger partial charge in [0.05, 0.1) is 19.5 Å². The zero-order valence-corrected chi connectivity index (χ0v) is 24.2. The van der Waals surface area contributed by atoms with Crippen LogP contribution in [0.2, 0.25) is 0 Å². The third-order valence-corrected chi connectivity index (χ3v) is 8.48. The van der Waals surface area contributed by atoms with Crippen molar-refractivity contribution >= 4 is 40.6 Å². The third kappa shape index (κ3) is 7.22. The average Bonchev–Trinajstić information content (AvgIpc) is 3.60. The van der Waals surface area contributed by atoms with E-state index in [0.717, 1.165) is 10.0 Å². The molecule has 1 fully saturated rings. The van der Waals surface area contributed by atoms with E-state index in [2.05, 4.69) is 37.5 Å². The van der Waals surface area contributed by atoms with Crippen LogP contribution >= 0.6 is 23.5 Å². The SMILES string of the molecule is C=C1OC(COP(=O)(COCCn2cnc3c(=O)[nH]c(N)nc32)OCc2cccc(Br)c2)=C(C2CCC(F)(F)C2)O1. The number of allylic oxidation sites excluding steroid dienone is 1. The monoisotopic (exact) mass is 657 g/mol. The van der Waals surface area contributed by atoms with Crippen molar-refractivity contribution < 1.29 is 36.6 Å². The Morgan fingerprint density at radius 1 is 1.29 bits per heavy atom. The molecule has 2 unspecified atom stereocenters. The summed E-state index contributed by atoms with van der Waals surface area (Å²) in [6, 6.07) is 7.23. The first kappa shape index (κ1) is 29.4. The molecule has 1 aliphatic carbocycles. The molecule has 0 spiro atoms. The number of nitrogen functional groups attached to an aromatic ring is 1. The predicted octanol–water partition coefficient (Wildman–Crippen LogP) is 5.03. The molecule has 5 rings (SSSR count). The molecule has 3 aromatic rings. The van der Waals surface area contributed by atoms with Gasteiger partial charge >= 0.3 is 7.60 Å². The maximum Gasteiger partial charge on any atom is 0.356 e. The molecule has 1 aromatic carbocycles. The zero-order valence-electron chi connectivity index (χ0n) is 21.7. The minimum Gasteiger partial charge on any atom is -0.427 e. The van der Waals surface area contributed by atoms with Gasteiger partial charge in [-0.25, -0.2) is 13.8 Å². The number of ether oxygens (including phenoxy) is 3. The first-order chi connectivity index (χ1) is 19.5. The quantitative estimate of drug-likeness (QED) is 0.200. The van der Waals surface area contributed by atoms with Gasteiger partial charge in [0, 0.05) is 29.8 Å². The fourth-order valence-corrected chi connectivity index (χ4v) is 6.20. The molecule has 3 N–H and O–H groups in total. The van der Waals surface area contributed by atoms with Crippen LogP contribution in [-0.2, 0) is 41.0 Å². The smallest absolute Gasteiger partial charge is 0.356 e. The van der Waals surface area contributed by atoms with E-state index in [1.807, 2.05) is 6.07 Å². The molecule has 2 atom stereocenters. The lowest BCUT2D eigenvalue weighted by atomic mass is 10.0. The normalized spacial score (nSPS) is 19.9. The fraction of sp³-hybridized carbons (Fsp3) is 0.400. The van der Waals surface area contributed by atoms with E-state index in [1.165, 1.54) is 6.33 Å². The van der Waals surface area contributed by atoms with Crippen molar-refractivity contribution in [2.24, 2.45) is 5.92 Å². The number of nitrogens with two attached hydrogens (primary N) is 1. The Balaban J connectivity index is 1.26. The highest BCUT2D eigenvalue weighted by Crippen LogP contribution is 2.51. The second kappa shape index (κ2) is 12.0. The summed E-state index contributed by atoms with van der Waals surface area (Å²) in [5, 5.41) is 0. The average molecular weight is 658 g/mol. The van der Waals surface area contributed by atoms with Crippen molar-refractivity contribution in [1.29, 1.82) is 0 Å². The summed E-state index contributed by atoms with van der Waals surface area (Å²) in [6.45, 7) is 3.43. The number of aromatic nitrogens is 4. The molecule has 1 saturated carbocycles. The van der Waals surface area contributed by atoms with Crippen LogP contribution in [0, 0.1) is 5.92 Å². The summed E-state index contributed by atoms with van der Waals surface area (Å²) < 4.78 is 71.9. The van der Waals surface area contributed by atoms with Gasteiger partial charge in [0.25, 0.3) is 11.5 Å². The molecule has 0 radical (unpaired) electrons. The number of imidazole rings is 1. The van der Waals surface area contributed by atoms with Gasteiger partial charge in [-0.15, -0.1) is 0 Å². The zero-order chi connectivity index (χ0) is 29.2. The van der Waals surface area contributed by atoms with Crippen LogP contribution in [0.5, 0.6) is 0 Å². The van der Waals surface area contributed by atoms with E-state index in [9.17, 15) is 18.1 Å². The van der Waals surface area contributed by atoms with Gasteiger partial charge in [0.15, 0.2) is 22.7 Å². The Kier molecular flexibility index (Phi) is 8.62. The van der Waals surface area contributed by atoms with E-state index in [-0.39, 0.29) is 73.8 Å². The first-order valence-corrected chi connectivity index (χ1v) is 15.1. The maximum absolute atomic E-state index is 13.8. The number of halogens is 3. The number of aromatic amines is 1. The van der Waals surface area contributed by atoms with E-state index in [4.69, 9.17) is 29.0 Å². The number of H-pyrrole nitrogens is 1. The summed E-state index contributed by atoms with van der Waals surface area (Å²) >= 11 is 3.39. The van der Waals surface area contributed by atoms with Crippen LogP contribution in [0.3, 0.4) is 0 Å². The molecule has 0 amide bonds. The van der Waals surface area contributed by atoms with E-state index >= 15 is 0 Å². The summed E-state index contributed by atoms with van der Waals surface area (Å²) in [4.78, 5) is 22.5. The van der Waals surface area contributed by atoms with Gasteiger partial charge in [-0.2, -0.15) is 4.98 Å². The highest BCUT2D eigenvalue weighted by molar-refractivity contribution is 9.10. The Hall–Kier alpha value is -3.10. The van der Waals surface area contributed by atoms with E-state index in [0.29, 0.717) is 0 Å². The Morgan fingerprint density at radius 2 is 2.10 bits per heavy atom. The molecule has 3 heterocycles. The molecule has 1 aliphatic heterocycles. The number of alkyl halides is 2. The first-order valence-electron chi connectivity index (χ1n) is 12.6. The topological polar surface area (TPSA) is 153 Å². The highest BCUT2D eigenvalue weighted by atomic mass is 79.9. The molecule has 0 bridgehead atoms. The minimum absolute atomic E-state index is 0.0367. The van der Waals surface area contributed by atoms with Gasteiger partial charge < -0.3 is 29.0 Å². The van der Waals surface area contributed by atoms with Crippen molar-refractivity contribution in [1.82, 2.24) is 19.5 Å². The Morgan fingerprint density at radius 3 is 2.85 bits per heavy atom. The molecule has 220 valence electrons. The molecule has 0 saturated heterocycles. The van der Waals surface area contributed by atoms with Crippen molar-refractivity contribution in [3.05, 3.63) is 75.0 Å².